The molecular weight excluding hydrogens is 296 g/mol. The third-order valence-corrected chi connectivity index (χ3v) is 3.70. The van der Waals surface area contributed by atoms with Crippen molar-refractivity contribution < 1.29 is 14.7 Å². The molecule has 0 radical (unpaired) electrons. The number of nitrogens with one attached hydrogen (secondary N) is 1. The van der Waals surface area contributed by atoms with Crippen LogP contribution in [-0.2, 0) is 28.1 Å². The molecule has 0 aliphatic carbocycles. The highest BCUT2D eigenvalue weighted by atomic mass is 16.4. The van der Waals surface area contributed by atoms with Crippen LogP contribution in [0.5, 0.6) is 0 Å². The van der Waals surface area contributed by atoms with Crippen molar-refractivity contribution in [1.29, 1.82) is 0 Å². The van der Waals surface area contributed by atoms with E-state index in [1.54, 1.807) is 0 Å². The number of aliphatic carboxylic acids is 1. The summed E-state index contributed by atoms with van der Waals surface area (Å²) in [4.78, 5) is 23.1. The van der Waals surface area contributed by atoms with E-state index in [9.17, 15) is 9.59 Å². The molecule has 2 rings (SSSR count). The van der Waals surface area contributed by atoms with Crippen LogP contribution in [-0.4, -0.2) is 32.0 Å². The Kier molecular flexibility index (Phi) is 4.78. The van der Waals surface area contributed by atoms with Gasteiger partial charge < -0.3 is 10.4 Å². The number of carbonyl (C=O) groups excluding carboxylic acids is 1. The third kappa shape index (κ3) is 3.94. The van der Waals surface area contributed by atoms with Gasteiger partial charge in [0.05, 0.1) is 18.2 Å². The molecule has 0 unspecified atom stereocenters. The van der Waals surface area contributed by atoms with Crippen molar-refractivity contribution in [1.82, 2.24) is 20.3 Å². The predicted octanol–water partition coefficient (Wildman–Crippen LogP) is 1.27. The van der Waals surface area contributed by atoms with Crippen LogP contribution in [0, 0.1) is 6.92 Å². The Morgan fingerprint density at radius 1 is 1.30 bits per heavy atom. The topological polar surface area (TPSA) is 97.1 Å². The molecule has 7 nitrogen and oxygen atoms in total. The molecule has 1 aromatic carbocycles. The van der Waals surface area contributed by atoms with Gasteiger partial charge in [0.15, 0.2) is 0 Å². The number of benzene rings is 1. The summed E-state index contributed by atoms with van der Waals surface area (Å²) in [5.41, 5.74) is 1.86. The first kappa shape index (κ1) is 16.7. The summed E-state index contributed by atoms with van der Waals surface area (Å²) in [7, 11) is 0. The Balaban J connectivity index is 2.03. The van der Waals surface area contributed by atoms with Gasteiger partial charge in [-0.05, 0) is 31.9 Å². The highest BCUT2D eigenvalue weighted by Crippen LogP contribution is 2.26. The van der Waals surface area contributed by atoms with E-state index in [0.717, 1.165) is 11.1 Å². The Hall–Kier alpha value is -2.70. The molecule has 0 aliphatic heterocycles. The van der Waals surface area contributed by atoms with E-state index < -0.39 is 11.4 Å². The second-order valence-electron chi connectivity index (χ2n) is 5.92. The lowest BCUT2D eigenvalue weighted by molar-refractivity contribution is -0.138. The number of rotatable bonds is 6. The van der Waals surface area contributed by atoms with Crippen molar-refractivity contribution >= 4 is 11.9 Å². The van der Waals surface area contributed by atoms with E-state index in [0.29, 0.717) is 5.69 Å². The molecule has 122 valence electrons. The lowest BCUT2D eigenvalue weighted by Gasteiger charge is -2.25. The van der Waals surface area contributed by atoms with E-state index in [-0.39, 0.29) is 19.0 Å². The van der Waals surface area contributed by atoms with Crippen molar-refractivity contribution in [3.05, 3.63) is 47.3 Å². The van der Waals surface area contributed by atoms with Crippen molar-refractivity contribution in [2.24, 2.45) is 0 Å². The van der Waals surface area contributed by atoms with Crippen LogP contribution in [0.15, 0.2) is 30.5 Å². The van der Waals surface area contributed by atoms with Crippen LogP contribution in [0.1, 0.15) is 30.7 Å². The largest absolute Gasteiger partial charge is 0.480 e. The van der Waals surface area contributed by atoms with Gasteiger partial charge in [-0.15, -0.1) is 5.10 Å². The number of amides is 1. The molecule has 2 N–H and O–H groups in total. The first-order chi connectivity index (χ1) is 10.8. The van der Waals surface area contributed by atoms with Crippen molar-refractivity contribution in [2.75, 3.05) is 0 Å². The summed E-state index contributed by atoms with van der Waals surface area (Å²) in [5.74, 6) is -1.12. The lowest BCUT2D eigenvalue weighted by Crippen LogP contribution is -2.40. The molecule has 0 bridgehead atoms. The summed E-state index contributed by atoms with van der Waals surface area (Å²) in [5, 5.41) is 19.1. The molecule has 0 aliphatic rings. The number of hydrogen-bond acceptors (Lipinski definition) is 4. The minimum absolute atomic E-state index is 0.125. The first-order valence-electron chi connectivity index (χ1n) is 7.26. The van der Waals surface area contributed by atoms with Gasteiger partial charge in [-0.1, -0.05) is 29.5 Å². The van der Waals surface area contributed by atoms with Crippen LogP contribution in [0.3, 0.4) is 0 Å². The number of aryl methyl sites for hydroxylation is 1. The molecule has 0 saturated heterocycles. The van der Waals surface area contributed by atoms with Gasteiger partial charge in [0.1, 0.15) is 12.2 Å². The number of nitrogens with zero attached hydrogens (tertiary/aromatic N) is 3. The highest BCUT2D eigenvalue weighted by molar-refractivity contribution is 5.87. The average molecular weight is 316 g/mol. The van der Waals surface area contributed by atoms with Gasteiger partial charge in [-0.25, -0.2) is 4.68 Å². The van der Waals surface area contributed by atoms with Gasteiger partial charge in [-0.2, -0.15) is 0 Å². The number of carbonyl (C=O) groups is 2. The zero-order chi connectivity index (χ0) is 17.0. The molecule has 0 fully saturated rings. The van der Waals surface area contributed by atoms with E-state index in [1.807, 2.05) is 45.0 Å². The maximum absolute atomic E-state index is 12.5. The summed E-state index contributed by atoms with van der Waals surface area (Å²) in [6.45, 7) is 5.66. The standard InChI is InChI=1S/C16H20N4O3/c1-11-6-4-5-7-13(11)16(2,3)15(23)17-8-12-9-20(19-18-12)10-14(21)22/h4-7,9H,8,10H2,1-3H3,(H,17,23)(H,21,22). The third-order valence-electron chi connectivity index (χ3n) is 3.70. The summed E-state index contributed by atoms with van der Waals surface area (Å²) in [6, 6.07) is 7.77. The second kappa shape index (κ2) is 6.60. The molecule has 23 heavy (non-hydrogen) atoms. The summed E-state index contributed by atoms with van der Waals surface area (Å²) < 4.78 is 1.22. The van der Waals surface area contributed by atoms with Crippen LogP contribution in [0.4, 0.5) is 0 Å². The second-order valence-corrected chi connectivity index (χ2v) is 5.92. The maximum Gasteiger partial charge on any atom is 0.325 e. The fourth-order valence-corrected chi connectivity index (χ4v) is 2.42. The summed E-state index contributed by atoms with van der Waals surface area (Å²) >= 11 is 0. The summed E-state index contributed by atoms with van der Waals surface area (Å²) in [6.07, 6.45) is 1.51. The van der Waals surface area contributed by atoms with E-state index >= 15 is 0 Å². The first-order valence-corrected chi connectivity index (χ1v) is 7.26. The quantitative estimate of drug-likeness (QED) is 0.836. The van der Waals surface area contributed by atoms with E-state index in [2.05, 4.69) is 15.6 Å². The van der Waals surface area contributed by atoms with Crippen molar-refractivity contribution in [2.45, 2.75) is 39.3 Å². The molecule has 1 amide bonds. The number of carboxylic acids is 1. The normalized spacial score (nSPS) is 11.3. The lowest BCUT2D eigenvalue weighted by atomic mass is 9.81. The monoisotopic (exact) mass is 316 g/mol. The van der Waals surface area contributed by atoms with Crippen LogP contribution < -0.4 is 5.32 Å². The number of carboxylic acid groups (broad SMARTS) is 1. The minimum atomic E-state index is -0.994. The van der Waals surface area contributed by atoms with Gasteiger partial charge in [0, 0.05) is 0 Å². The van der Waals surface area contributed by atoms with Crippen molar-refractivity contribution in [3.8, 4) is 0 Å². The highest BCUT2D eigenvalue weighted by Gasteiger charge is 2.30. The van der Waals surface area contributed by atoms with Crippen LogP contribution in [0.2, 0.25) is 0 Å². The Bertz CT molecular complexity index is 722. The van der Waals surface area contributed by atoms with Crippen LogP contribution >= 0.6 is 0 Å². The van der Waals surface area contributed by atoms with Gasteiger partial charge in [0.2, 0.25) is 5.91 Å². The number of aromatic nitrogens is 3. The Morgan fingerprint density at radius 3 is 2.65 bits per heavy atom. The zero-order valence-electron chi connectivity index (χ0n) is 13.4. The smallest absolute Gasteiger partial charge is 0.325 e. The SMILES string of the molecule is Cc1ccccc1C(C)(C)C(=O)NCc1cn(CC(=O)O)nn1. The number of hydrogen-bond donors (Lipinski definition) is 2. The van der Waals surface area contributed by atoms with Gasteiger partial charge >= 0.3 is 5.97 Å². The van der Waals surface area contributed by atoms with E-state index in [4.69, 9.17) is 5.11 Å². The average Bonchev–Trinajstić information content (AvgIpc) is 2.91. The molecule has 7 heteroatoms. The molecule has 1 aromatic heterocycles. The molecule has 0 atom stereocenters. The molecule has 0 saturated carbocycles. The van der Waals surface area contributed by atoms with Gasteiger partial charge in [-0.3, -0.25) is 9.59 Å². The molecule has 1 heterocycles. The molecule has 2 aromatic rings. The molecular formula is C16H20N4O3. The fourth-order valence-electron chi connectivity index (χ4n) is 2.42. The molecule has 0 spiro atoms. The zero-order valence-corrected chi connectivity index (χ0v) is 13.4. The minimum Gasteiger partial charge on any atom is -0.480 e. The fraction of sp³-hybridized carbons (Fsp3) is 0.375. The predicted molar refractivity (Wildman–Crippen MR) is 83.7 cm³/mol. The Labute approximate surface area is 134 Å². The van der Waals surface area contributed by atoms with Crippen LogP contribution in [0.25, 0.3) is 0 Å². The van der Waals surface area contributed by atoms with Gasteiger partial charge in [0.25, 0.3) is 0 Å². The Morgan fingerprint density at radius 2 is 2.00 bits per heavy atom. The van der Waals surface area contributed by atoms with Crippen molar-refractivity contribution in [3.63, 3.8) is 0 Å². The maximum atomic E-state index is 12.5. The van der Waals surface area contributed by atoms with E-state index in [1.165, 1.54) is 10.9 Å².